The summed E-state index contributed by atoms with van der Waals surface area (Å²) >= 11 is 0. The van der Waals surface area contributed by atoms with E-state index < -0.39 is 0 Å². The number of aromatic nitrogens is 2. The van der Waals surface area contributed by atoms with Crippen LogP contribution in [0, 0.1) is 20.8 Å². The van der Waals surface area contributed by atoms with Gasteiger partial charge in [-0.05, 0) is 62.4 Å². The molecule has 3 heteroatoms. The van der Waals surface area contributed by atoms with Crippen LogP contribution in [0.4, 0.5) is 0 Å². The van der Waals surface area contributed by atoms with E-state index in [9.17, 15) is 0 Å². The Morgan fingerprint density at radius 2 is 1.86 bits per heavy atom. The summed E-state index contributed by atoms with van der Waals surface area (Å²) in [6.45, 7) is 9.86. The van der Waals surface area contributed by atoms with Gasteiger partial charge in [0, 0.05) is 19.3 Å². The Hall–Kier alpha value is -1.61. The Morgan fingerprint density at radius 3 is 2.38 bits per heavy atom. The van der Waals surface area contributed by atoms with E-state index in [-0.39, 0.29) is 0 Å². The molecule has 0 saturated carbocycles. The highest BCUT2D eigenvalue weighted by Gasteiger charge is 2.17. The second kappa shape index (κ2) is 6.90. The van der Waals surface area contributed by atoms with Crippen molar-refractivity contribution in [2.24, 2.45) is 7.05 Å². The lowest BCUT2D eigenvalue weighted by atomic mass is 9.91. The van der Waals surface area contributed by atoms with Gasteiger partial charge in [-0.15, -0.1) is 0 Å². The predicted octanol–water partition coefficient (Wildman–Crippen LogP) is 3.63. The number of nitrogens with zero attached hydrogens (tertiary/aromatic N) is 2. The molecule has 1 N–H and O–H groups in total. The summed E-state index contributed by atoms with van der Waals surface area (Å²) < 4.78 is 1.88. The van der Waals surface area contributed by atoms with E-state index in [4.69, 9.17) is 0 Å². The number of benzene rings is 1. The van der Waals surface area contributed by atoms with Crippen LogP contribution in [0.1, 0.15) is 47.2 Å². The number of aryl methyl sites for hydroxylation is 4. The molecule has 3 nitrogen and oxygen atoms in total. The molecular formula is C18H27N3. The van der Waals surface area contributed by atoms with Gasteiger partial charge in [-0.3, -0.25) is 4.68 Å². The molecule has 1 unspecified atom stereocenters. The lowest BCUT2D eigenvalue weighted by Crippen LogP contribution is -2.25. The average Bonchev–Trinajstić information content (AvgIpc) is 2.80. The summed E-state index contributed by atoms with van der Waals surface area (Å²) in [6, 6.07) is 4.92. The van der Waals surface area contributed by atoms with Crippen LogP contribution in [0.3, 0.4) is 0 Å². The number of rotatable bonds is 6. The third-order valence-electron chi connectivity index (χ3n) is 3.93. The molecule has 0 radical (unpaired) electrons. The molecule has 0 saturated heterocycles. The largest absolute Gasteiger partial charge is 0.310 e. The maximum Gasteiger partial charge on any atom is 0.0522 e. The van der Waals surface area contributed by atoms with Crippen molar-refractivity contribution in [1.82, 2.24) is 15.1 Å². The molecule has 0 aliphatic rings. The maximum absolute atomic E-state index is 4.29. The van der Waals surface area contributed by atoms with Gasteiger partial charge in [-0.25, -0.2) is 0 Å². The quantitative estimate of drug-likeness (QED) is 0.878. The first-order chi connectivity index (χ1) is 10.0. The third kappa shape index (κ3) is 3.94. The molecule has 1 heterocycles. The molecule has 1 aromatic heterocycles. The van der Waals surface area contributed by atoms with Gasteiger partial charge in [0.1, 0.15) is 0 Å². The van der Waals surface area contributed by atoms with Crippen molar-refractivity contribution < 1.29 is 0 Å². The van der Waals surface area contributed by atoms with E-state index in [1.165, 1.54) is 27.8 Å². The van der Waals surface area contributed by atoms with Crippen molar-refractivity contribution >= 4 is 0 Å². The van der Waals surface area contributed by atoms with Crippen molar-refractivity contribution in [3.05, 3.63) is 52.3 Å². The third-order valence-corrected chi connectivity index (χ3v) is 3.93. The van der Waals surface area contributed by atoms with Crippen molar-refractivity contribution in [3.8, 4) is 0 Å². The lowest BCUT2D eigenvalue weighted by molar-refractivity contribution is 0.524. The summed E-state index contributed by atoms with van der Waals surface area (Å²) in [4.78, 5) is 0. The molecule has 114 valence electrons. The molecule has 0 bridgehead atoms. The monoisotopic (exact) mass is 285 g/mol. The molecule has 2 rings (SSSR count). The lowest BCUT2D eigenvalue weighted by Gasteiger charge is -2.23. The van der Waals surface area contributed by atoms with Crippen LogP contribution in [0.2, 0.25) is 0 Å². The summed E-state index contributed by atoms with van der Waals surface area (Å²) in [6.07, 6.45) is 6.21. The fourth-order valence-electron chi connectivity index (χ4n) is 3.15. The van der Waals surface area contributed by atoms with E-state index in [1.807, 2.05) is 17.9 Å². The van der Waals surface area contributed by atoms with E-state index >= 15 is 0 Å². The first-order valence-corrected chi connectivity index (χ1v) is 7.80. The molecular weight excluding hydrogens is 258 g/mol. The first-order valence-electron chi connectivity index (χ1n) is 7.80. The average molecular weight is 285 g/mol. The van der Waals surface area contributed by atoms with Crippen molar-refractivity contribution in [3.63, 3.8) is 0 Å². The van der Waals surface area contributed by atoms with Crippen LogP contribution in [0.15, 0.2) is 24.5 Å². The van der Waals surface area contributed by atoms with Crippen LogP contribution in [-0.4, -0.2) is 16.3 Å². The minimum absolute atomic E-state index is 0.356. The minimum Gasteiger partial charge on any atom is -0.310 e. The number of hydrogen-bond acceptors (Lipinski definition) is 2. The molecule has 0 fully saturated rings. The minimum atomic E-state index is 0.356. The highest BCUT2D eigenvalue weighted by Crippen LogP contribution is 2.26. The zero-order valence-electron chi connectivity index (χ0n) is 13.9. The zero-order chi connectivity index (χ0) is 15.4. The van der Waals surface area contributed by atoms with Gasteiger partial charge in [0.2, 0.25) is 0 Å². The van der Waals surface area contributed by atoms with Crippen LogP contribution in [0.5, 0.6) is 0 Å². The first kappa shape index (κ1) is 15.8. The van der Waals surface area contributed by atoms with Gasteiger partial charge in [0.15, 0.2) is 0 Å². The standard InChI is InChI=1S/C18H27N3/c1-6-7-19-17(10-16-11-20-21(5)12-16)18-14(3)8-13(2)9-15(18)4/h8-9,11-12,17,19H,6-7,10H2,1-5H3. The van der Waals surface area contributed by atoms with Crippen molar-refractivity contribution in [1.29, 1.82) is 0 Å². The van der Waals surface area contributed by atoms with Crippen LogP contribution in [-0.2, 0) is 13.5 Å². The smallest absolute Gasteiger partial charge is 0.0522 e. The van der Waals surface area contributed by atoms with Gasteiger partial charge in [-0.2, -0.15) is 5.10 Å². The Morgan fingerprint density at radius 1 is 1.19 bits per heavy atom. The predicted molar refractivity (Wildman–Crippen MR) is 88.6 cm³/mol. The van der Waals surface area contributed by atoms with E-state index in [0.29, 0.717) is 6.04 Å². The number of hydrogen-bond donors (Lipinski definition) is 1. The Bertz CT molecular complexity index is 575. The Kier molecular flexibility index (Phi) is 5.18. The van der Waals surface area contributed by atoms with Crippen LogP contribution >= 0.6 is 0 Å². The summed E-state index contributed by atoms with van der Waals surface area (Å²) in [5.41, 5.74) is 6.82. The van der Waals surface area contributed by atoms with E-state index in [0.717, 1.165) is 19.4 Å². The normalized spacial score (nSPS) is 12.6. The van der Waals surface area contributed by atoms with Gasteiger partial charge in [0.05, 0.1) is 6.20 Å². The SMILES string of the molecule is CCCNC(Cc1cnn(C)c1)c1c(C)cc(C)cc1C. The Balaban J connectivity index is 2.31. The molecule has 0 aliphatic carbocycles. The zero-order valence-corrected chi connectivity index (χ0v) is 13.9. The van der Waals surface area contributed by atoms with Gasteiger partial charge >= 0.3 is 0 Å². The molecule has 1 atom stereocenters. The molecule has 0 aliphatic heterocycles. The summed E-state index contributed by atoms with van der Waals surface area (Å²) in [5.74, 6) is 0. The topological polar surface area (TPSA) is 29.9 Å². The second-order valence-electron chi connectivity index (χ2n) is 6.05. The molecule has 2 aromatic rings. The highest BCUT2D eigenvalue weighted by molar-refractivity contribution is 5.40. The van der Waals surface area contributed by atoms with Crippen molar-refractivity contribution in [2.45, 2.75) is 46.6 Å². The highest BCUT2D eigenvalue weighted by atomic mass is 15.2. The summed E-state index contributed by atoms with van der Waals surface area (Å²) in [7, 11) is 1.97. The van der Waals surface area contributed by atoms with Crippen LogP contribution < -0.4 is 5.32 Å². The van der Waals surface area contributed by atoms with E-state index in [2.05, 4.69) is 56.4 Å². The molecule has 0 spiro atoms. The van der Waals surface area contributed by atoms with Crippen molar-refractivity contribution in [2.75, 3.05) is 6.54 Å². The summed E-state index contributed by atoms with van der Waals surface area (Å²) in [5, 5.41) is 8.00. The van der Waals surface area contributed by atoms with E-state index in [1.54, 1.807) is 0 Å². The van der Waals surface area contributed by atoms with Gasteiger partial charge < -0.3 is 5.32 Å². The maximum atomic E-state index is 4.29. The molecule has 1 aromatic carbocycles. The number of nitrogens with one attached hydrogen (secondary N) is 1. The fourth-order valence-corrected chi connectivity index (χ4v) is 3.15. The van der Waals surface area contributed by atoms with Gasteiger partial charge in [-0.1, -0.05) is 24.6 Å². The second-order valence-corrected chi connectivity index (χ2v) is 6.05. The fraction of sp³-hybridized carbons (Fsp3) is 0.500. The van der Waals surface area contributed by atoms with Crippen LogP contribution in [0.25, 0.3) is 0 Å². The molecule has 21 heavy (non-hydrogen) atoms. The Labute approximate surface area is 128 Å². The molecule has 0 amide bonds. The van der Waals surface area contributed by atoms with Gasteiger partial charge in [0.25, 0.3) is 0 Å².